The van der Waals surface area contributed by atoms with Gasteiger partial charge in [0.05, 0.1) is 29.3 Å². The second-order valence-electron chi connectivity index (χ2n) is 6.22. The van der Waals surface area contributed by atoms with Gasteiger partial charge in [-0.05, 0) is 51.8 Å². The number of sulfonamides is 1. The van der Waals surface area contributed by atoms with Gasteiger partial charge in [-0.25, -0.2) is 13.2 Å². The lowest BCUT2D eigenvalue weighted by Gasteiger charge is -2.27. The zero-order chi connectivity index (χ0) is 21.0. The number of benzene rings is 2. The van der Waals surface area contributed by atoms with Crippen LogP contribution in [0.25, 0.3) is 0 Å². The van der Waals surface area contributed by atoms with Gasteiger partial charge >= 0.3 is 5.97 Å². The van der Waals surface area contributed by atoms with Gasteiger partial charge in [0.2, 0.25) is 10.0 Å². The number of methoxy groups -OCH3 is 1. The Morgan fingerprint density at radius 2 is 1.76 bits per heavy atom. The summed E-state index contributed by atoms with van der Waals surface area (Å²) in [5.41, 5.74) is 1.51. The second kappa shape index (κ2) is 8.86. The predicted molar refractivity (Wildman–Crippen MR) is 113 cm³/mol. The van der Waals surface area contributed by atoms with Crippen LogP contribution in [0.5, 0.6) is 0 Å². The van der Waals surface area contributed by atoms with Crippen LogP contribution in [0.1, 0.15) is 27.7 Å². The lowest BCUT2D eigenvalue weighted by molar-refractivity contribution is 0.0599. The quantitative estimate of drug-likeness (QED) is 0.503. The molecule has 29 heavy (non-hydrogen) atoms. The molecular weight excluding hydrogens is 456 g/mol. The average molecular weight is 475 g/mol. The Hall–Kier alpha value is -2.55. The van der Waals surface area contributed by atoms with Crippen LogP contribution >= 0.6 is 15.9 Å². The van der Waals surface area contributed by atoms with Crippen LogP contribution in [0.4, 0.5) is 0 Å². The third-order valence-corrected chi connectivity index (χ3v) is 6.98. The molecular formula is C21H19BrN2O4S. The molecule has 0 N–H and O–H groups in total. The average Bonchev–Trinajstić information content (AvgIpc) is 2.75. The second-order valence-corrected chi connectivity index (χ2v) is 9.07. The molecule has 1 unspecified atom stereocenters. The fourth-order valence-corrected chi connectivity index (χ4v) is 4.73. The van der Waals surface area contributed by atoms with Crippen molar-refractivity contribution in [2.75, 3.05) is 14.2 Å². The summed E-state index contributed by atoms with van der Waals surface area (Å²) in [7, 11) is -1.20. The number of pyridine rings is 1. The summed E-state index contributed by atoms with van der Waals surface area (Å²) < 4.78 is 33.3. The molecule has 0 saturated heterocycles. The van der Waals surface area contributed by atoms with Gasteiger partial charge in [0, 0.05) is 17.7 Å². The Bertz CT molecular complexity index is 1070. The minimum absolute atomic E-state index is 0.0135. The van der Waals surface area contributed by atoms with Crippen LogP contribution in [-0.2, 0) is 14.8 Å². The largest absolute Gasteiger partial charge is 0.465 e. The van der Waals surface area contributed by atoms with E-state index in [4.69, 9.17) is 4.74 Å². The number of halogens is 1. The normalized spacial score (nSPS) is 12.6. The molecule has 0 radical (unpaired) electrons. The minimum atomic E-state index is -3.95. The van der Waals surface area contributed by atoms with E-state index in [0.717, 1.165) is 5.56 Å². The van der Waals surface area contributed by atoms with Crippen molar-refractivity contribution in [1.82, 2.24) is 9.29 Å². The lowest BCUT2D eigenvalue weighted by Crippen LogP contribution is -2.32. The molecule has 0 spiro atoms. The molecule has 8 heteroatoms. The highest BCUT2D eigenvalue weighted by molar-refractivity contribution is 9.10. The number of carbonyl (C=O) groups is 1. The maximum absolute atomic E-state index is 13.4. The summed E-state index contributed by atoms with van der Waals surface area (Å²) in [6.45, 7) is 0. The number of carbonyl (C=O) groups excluding carboxylic acids is 1. The Labute approximate surface area is 178 Å². The van der Waals surface area contributed by atoms with Gasteiger partial charge in [0.15, 0.2) is 0 Å². The molecule has 1 atom stereocenters. The van der Waals surface area contributed by atoms with Crippen molar-refractivity contribution < 1.29 is 17.9 Å². The summed E-state index contributed by atoms with van der Waals surface area (Å²) in [5.74, 6) is -0.624. The fourth-order valence-electron chi connectivity index (χ4n) is 2.98. The first kappa shape index (κ1) is 21.2. The monoisotopic (exact) mass is 474 g/mol. The number of aromatic nitrogens is 1. The van der Waals surface area contributed by atoms with Crippen molar-refractivity contribution in [3.8, 4) is 0 Å². The van der Waals surface area contributed by atoms with Crippen molar-refractivity contribution >= 4 is 31.9 Å². The van der Waals surface area contributed by atoms with Crippen LogP contribution in [0, 0.1) is 0 Å². The number of hydrogen-bond donors (Lipinski definition) is 0. The van der Waals surface area contributed by atoms with E-state index in [-0.39, 0.29) is 10.5 Å². The summed E-state index contributed by atoms with van der Waals surface area (Å²) in [6.07, 6.45) is 1.63. The molecule has 0 bridgehead atoms. The summed E-state index contributed by atoms with van der Waals surface area (Å²) in [5, 5.41) is 0. The van der Waals surface area contributed by atoms with E-state index in [1.165, 1.54) is 36.7 Å². The molecule has 0 saturated carbocycles. The van der Waals surface area contributed by atoms with E-state index in [9.17, 15) is 13.2 Å². The maximum Gasteiger partial charge on any atom is 0.339 e. The highest BCUT2D eigenvalue weighted by atomic mass is 79.9. The first-order valence-corrected chi connectivity index (χ1v) is 10.9. The zero-order valence-corrected chi connectivity index (χ0v) is 18.2. The van der Waals surface area contributed by atoms with Crippen molar-refractivity contribution in [3.63, 3.8) is 0 Å². The smallest absolute Gasteiger partial charge is 0.339 e. The van der Waals surface area contributed by atoms with Crippen LogP contribution in [0.3, 0.4) is 0 Å². The minimum Gasteiger partial charge on any atom is -0.465 e. The number of hydrogen-bond acceptors (Lipinski definition) is 5. The maximum atomic E-state index is 13.4. The van der Waals surface area contributed by atoms with Gasteiger partial charge in [-0.2, -0.15) is 4.31 Å². The number of nitrogens with zero attached hydrogens (tertiary/aromatic N) is 2. The molecule has 150 valence electrons. The van der Waals surface area contributed by atoms with Gasteiger partial charge < -0.3 is 4.74 Å². The standard InChI is InChI=1S/C21H19BrN2O4S/c1-24(20(15-8-4-3-5-9-15)19-10-6-7-13-23-19)29(26,27)16-11-12-18(22)17(14-16)21(25)28-2/h3-14,20H,1-2H3. The molecule has 0 aliphatic rings. The zero-order valence-electron chi connectivity index (χ0n) is 15.8. The predicted octanol–water partition coefficient (Wildman–Crippen LogP) is 4.04. The van der Waals surface area contributed by atoms with E-state index in [2.05, 4.69) is 20.9 Å². The van der Waals surface area contributed by atoms with Crippen molar-refractivity contribution in [1.29, 1.82) is 0 Å². The van der Waals surface area contributed by atoms with Crippen LogP contribution in [0.15, 0.2) is 82.3 Å². The van der Waals surface area contributed by atoms with Gasteiger partial charge in [0.25, 0.3) is 0 Å². The van der Waals surface area contributed by atoms with Gasteiger partial charge in [-0.1, -0.05) is 36.4 Å². The van der Waals surface area contributed by atoms with Crippen molar-refractivity contribution in [2.45, 2.75) is 10.9 Å². The van der Waals surface area contributed by atoms with E-state index in [1.54, 1.807) is 18.3 Å². The summed E-state index contributed by atoms with van der Waals surface area (Å²) >= 11 is 3.26. The van der Waals surface area contributed by atoms with E-state index < -0.39 is 22.0 Å². The van der Waals surface area contributed by atoms with Crippen LogP contribution < -0.4 is 0 Å². The van der Waals surface area contributed by atoms with Gasteiger partial charge in [-0.15, -0.1) is 0 Å². The number of ether oxygens (including phenoxy) is 1. The lowest BCUT2D eigenvalue weighted by atomic mass is 10.0. The van der Waals surface area contributed by atoms with Crippen molar-refractivity contribution in [2.24, 2.45) is 0 Å². The Morgan fingerprint density at radius 1 is 1.07 bits per heavy atom. The van der Waals surface area contributed by atoms with Crippen LogP contribution in [-0.4, -0.2) is 37.8 Å². The number of esters is 1. The van der Waals surface area contributed by atoms with E-state index >= 15 is 0 Å². The molecule has 6 nitrogen and oxygen atoms in total. The molecule has 0 aliphatic heterocycles. The Balaban J connectivity index is 2.10. The highest BCUT2D eigenvalue weighted by Crippen LogP contribution is 2.32. The molecule has 1 aromatic heterocycles. The van der Waals surface area contributed by atoms with Crippen molar-refractivity contribution in [3.05, 3.63) is 94.2 Å². The molecule has 3 rings (SSSR count). The molecule has 0 amide bonds. The summed E-state index contributed by atoms with van der Waals surface area (Å²) in [6, 6.07) is 18.3. The third kappa shape index (κ3) is 4.39. The van der Waals surface area contributed by atoms with E-state index in [1.807, 2.05) is 36.4 Å². The Kier molecular flexibility index (Phi) is 6.46. The summed E-state index contributed by atoms with van der Waals surface area (Å²) in [4.78, 5) is 16.3. The van der Waals surface area contributed by atoms with Gasteiger partial charge in [0.1, 0.15) is 0 Å². The topological polar surface area (TPSA) is 76.6 Å². The Morgan fingerprint density at radius 3 is 2.38 bits per heavy atom. The first-order chi connectivity index (χ1) is 13.9. The number of rotatable bonds is 6. The third-order valence-electron chi connectivity index (χ3n) is 4.47. The molecule has 3 aromatic rings. The van der Waals surface area contributed by atoms with Crippen LogP contribution in [0.2, 0.25) is 0 Å². The first-order valence-electron chi connectivity index (χ1n) is 8.68. The van der Waals surface area contributed by atoms with Gasteiger partial charge in [-0.3, -0.25) is 4.98 Å². The molecule has 2 aromatic carbocycles. The fraction of sp³-hybridized carbons (Fsp3) is 0.143. The highest BCUT2D eigenvalue weighted by Gasteiger charge is 2.32. The molecule has 1 heterocycles. The van der Waals surface area contributed by atoms with E-state index in [0.29, 0.717) is 10.2 Å². The SMILES string of the molecule is COC(=O)c1cc(S(=O)(=O)N(C)C(c2ccccc2)c2ccccn2)ccc1Br. The molecule has 0 aliphatic carbocycles. The molecule has 0 fully saturated rings.